The van der Waals surface area contributed by atoms with E-state index in [2.05, 4.69) is 24.8 Å². The Bertz CT molecular complexity index is 532. The molecule has 98 valence electrons. The zero-order valence-corrected chi connectivity index (χ0v) is 11.2. The molecule has 0 bridgehead atoms. The number of aromatic nitrogens is 4. The number of hydrogen-bond acceptors (Lipinski definition) is 5. The number of aryl methyl sites for hydroxylation is 2. The van der Waals surface area contributed by atoms with E-state index in [1.807, 2.05) is 32.2 Å². The molecular weight excluding hydrogens is 238 g/mol. The third-order valence-electron chi connectivity index (χ3n) is 3.45. The molecule has 0 radical (unpaired) electrons. The molecule has 5 heteroatoms. The summed E-state index contributed by atoms with van der Waals surface area (Å²) in [6.45, 7) is 4.98. The predicted molar refractivity (Wildman–Crippen MR) is 72.9 cm³/mol. The van der Waals surface area contributed by atoms with Gasteiger partial charge in [0.15, 0.2) is 5.82 Å². The highest BCUT2D eigenvalue weighted by molar-refractivity contribution is 5.42. The highest BCUT2D eigenvalue weighted by atomic mass is 15.3. The van der Waals surface area contributed by atoms with Crippen molar-refractivity contribution in [1.29, 1.82) is 0 Å². The largest absolute Gasteiger partial charge is 0.346 e. The molecule has 0 saturated carbocycles. The number of rotatable bonds is 2. The summed E-state index contributed by atoms with van der Waals surface area (Å²) in [6, 6.07) is 4.18. The van der Waals surface area contributed by atoms with E-state index in [-0.39, 0.29) is 6.04 Å². The summed E-state index contributed by atoms with van der Waals surface area (Å²) in [4.78, 5) is 19.8. The lowest BCUT2D eigenvalue weighted by Gasteiger charge is -2.24. The third kappa shape index (κ3) is 2.41. The molecule has 1 saturated heterocycles. The maximum Gasteiger partial charge on any atom is 0.150 e. The summed E-state index contributed by atoms with van der Waals surface area (Å²) in [5, 5.41) is 0. The van der Waals surface area contributed by atoms with Gasteiger partial charge in [-0.15, -0.1) is 0 Å². The smallest absolute Gasteiger partial charge is 0.150 e. The van der Waals surface area contributed by atoms with Crippen molar-refractivity contribution >= 4 is 5.82 Å². The fraction of sp³-hybridized carbons (Fsp3) is 0.429. The van der Waals surface area contributed by atoms with Crippen LogP contribution in [0, 0.1) is 13.8 Å². The third-order valence-corrected chi connectivity index (χ3v) is 3.45. The lowest BCUT2D eigenvalue weighted by Crippen LogP contribution is -2.25. The quantitative estimate of drug-likeness (QED) is 0.823. The van der Waals surface area contributed by atoms with E-state index in [4.69, 9.17) is 0 Å². The Hall–Kier alpha value is -2.04. The van der Waals surface area contributed by atoms with Gasteiger partial charge in [0.25, 0.3) is 0 Å². The minimum atomic E-state index is 0.231. The molecule has 5 nitrogen and oxygen atoms in total. The monoisotopic (exact) mass is 255 g/mol. The van der Waals surface area contributed by atoms with Gasteiger partial charge in [-0.3, -0.25) is 0 Å². The minimum absolute atomic E-state index is 0.231. The zero-order chi connectivity index (χ0) is 13.2. The van der Waals surface area contributed by atoms with Crippen LogP contribution in [0.15, 0.2) is 24.7 Å². The van der Waals surface area contributed by atoms with E-state index < -0.39 is 0 Å². The summed E-state index contributed by atoms with van der Waals surface area (Å²) in [5.74, 6) is 1.87. The minimum Gasteiger partial charge on any atom is -0.346 e. The number of nitrogens with zero attached hydrogens (tertiary/aromatic N) is 5. The first-order chi connectivity index (χ1) is 9.24. The van der Waals surface area contributed by atoms with Gasteiger partial charge in [-0.2, -0.15) is 0 Å². The van der Waals surface area contributed by atoms with Crippen LogP contribution in [0.1, 0.15) is 36.1 Å². The van der Waals surface area contributed by atoms with Crippen LogP contribution >= 0.6 is 0 Å². The Kier molecular flexibility index (Phi) is 3.11. The second-order valence-electron chi connectivity index (χ2n) is 4.93. The van der Waals surface area contributed by atoms with Crippen molar-refractivity contribution in [1.82, 2.24) is 19.9 Å². The normalized spacial score (nSPS) is 18.8. The van der Waals surface area contributed by atoms with Crippen molar-refractivity contribution in [3.8, 4) is 0 Å². The highest BCUT2D eigenvalue weighted by Crippen LogP contribution is 2.33. The predicted octanol–water partition coefficient (Wildman–Crippen LogP) is 2.22. The van der Waals surface area contributed by atoms with Gasteiger partial charge >= 0.3 is 0 Å². The molecular formula is C14H17N5. The molecule has 1 aliphatic heterocycles. The molecule has 0 N–H and O–H groups in total. The summed E-state index contributed by atoms with van der Waals surface area (Å²) < 4.78 is 0. The van der Waals surface area contributed by atoms with E-state index in [0.29, 0.717) is 0 Å². The summed E-state index contributed by atoms with van der Waals surface area (Å²) >= 11 is 0. The molecule has 3 heterocycles. The molecule has 2 aromatic rings. The Morgan fingerprint density at radius 3 is 2.84 bits per heavy atom. The topological polar surface area (TPSA) is 54.8 Å². The van der Waals surface area contributed by atoms with Crippen LogP contribution in [0.4, 0.5) is 5.82 Å². The van der Waals surface area contributed by atoms with Crippen LogP contribution in [0.2, 0.25) is 0 Å². The Labute approximate surface area is 112 Å². The highest BCUT2D eigenvalue weighted by Gasteiger charge is 2.29. The van der Waals surface area contributed by atoms with Crippen LogP contribution in [-0.2, 0) is 0 Å². The van der Waals surface area contributed by atoms with E-state index in [0.717, 1.165) is 42.4 Å². The molecule has 0 spiro atoms. The van der Waals surface area contributed by atoms with E-state index in [1.165, 1.54) is 0 Å². The zero-order valence-electron chi connectivity index (χ0n) is 11.2. The lowest BCUT2D eigenvalue weighted by atomic mass is 10.2. The van der Waals surface area contributed by atoms with Crippen molar-refractivity contribution in [2.45, 2.75) is 32.7 Å². The van der Waals surface area contributed by atoms with Crippen LogP contribution in [-0.4, -0.2) is 26.5 Å². The maximum absolute atomic E-state index is 4.56. The number of hydrogen-bond donors (Lipinski definition) is 0. The standard InChI is InChI=1S/C14H17N5/c1-10-5-6-15-14(18-10)12-4-3-7-19(12)13-8-11(2)16-9-17-13/h5-6,8-9,12H,3-4,7H2,1-2H3. The fourth-order valence-electron chi connectivity index (χ4n) is 2.54. The van der Waals surface area contributed by atoms with Crippen LogP contribution in [0.5, 0.6) is 0 Å². The van der Waals surface area contributed by atoms with Crippen LogP contribution in [0.25, 0.3) is 0 Å². The van der Waals surface area contributed by atoms with Crippen molar-refractivity contribution in [3.05, 3.63) is 41.9 Å². The first-order valence-electron chi connectivity index (χ1n) is 6.59. The summed E-state index contributed by atoms with van der Waals surface area (Å²) in [6.07, 6.45) is 5.67. The maximum atomic E-state index is 4.56. The van der Waals surface area contributed by atoms with E-state index in [9.17, 15) is 0 Å². The van der Waals surface area contributed by atoms with Gasteiger partial charge in [0.1, 0.15) is 12.1 Å². The molecule has 1 atom stereocenters. The first kappa shape index (κ1) is 12.0. The van der Waals surface area contributed by atoms with Gasteiger partial charge in [0.05, 0.1) is 6.04 Å². The van der Waals surface area contributed by atoms with Gasteiger partial charge < -0.3 is 4.90 Å². The molecule has 3 rings (SSSR count). The molecule has 1 fully saturated rings. The fourth-order valence-corrected chi connectivity index (χ4v) is 2.54. The second kappa shape index (κ2) is 4.91. The van der Waals surface area contributed by atoms with Gasteiger partial charge in [0, 0.05) is 30.2 Å². The Morgan fingerprint density at radius 1 is 1.16 bits per heavy atom. The summed E-state index contributed by atoms with van der Waals surface area (Å²) in [7, 11) is 0. The molecule has 1 unspecified atom stereocenters. The van der Waals surface area contributed by atoms with Crippen molar-refractivity contribution in [2.75, 3.05) is 11.4 Å². The molecule has 0 amide bonds. The van der Waals surface area contributed by atoms with Crippen LogP contribution in [0.3, 0.4) is 0 Å². The Morgan fingerprint density at radius 2 is 2.05 bits per heavy atom. The van der Waals surface area contributed by atoms with Crippen molar-refractivity contribution in [2.24, 2.45) is 0 Å². The van der Waals surface area contributed by atoms with Crippen molar-refractivity contribution in [3.63, 3.8) is 0 Å². The summed E-state index contributed by atoms with van der Waals surface area (Å²) in [5.41, 5.74) is 2.00. The molecule has 2 aromatic heterocycles. The van der Waals surface area contributed by atoms with Crippen LogP contribution < -0.4 is 4.90 Å². The van der Waals surface area contributed by atoms with E-state index in [1.54, 1.807) is 6.33 Å². The molecule has 1 aliphatic rings. The van der Waals surface area contributed by atoms with Crippen molar-refractivity contribution < 1.29 is 0 Å². The van der Waals surface area contributed by atoms with Gasteiger partial charge in [-0.25, -0.2) is 19.9 Å². The SMILES string of the molecule is Cc1cc(N2CCCC2c2nccc(C)n2)ncn1. The van der Waals surface area contributed by atoms with E-state index >= 15 is 0 Å². The van der Waals surface area contributed by atoms with Gasteiger partial charge in [0.2, 0.25) is 0 Å². The first-order valence-corrected chi connectivity index (χ1v) is 6.59. The average molecular weight is 255 g/mol. The van der Waals surface area contributed by atoms with Gasteiger partial charge in [-0.1, -0.05) is 0 Å². The van der Waals surface area contributed by atoms with Gasteiger partial charge in [-0.05, 0) is 32.8 Å². The second-order valence-corrected chi connectivity index (χ2v) is 4.93. The lowest BCUT2D eigenvalue weighted by molar-refractivity contribution is 0.655. The molecule has 0 aromatic carbocycles. The number of anilines is 1. The molecule has 0 aliphatic carbocycles. The average Bonchev–Trinajstić information content (AvgIpc) is 2.88. The Balaban J connectivity index is 1.93. The molecule has 19 heavy (non-hydrogen) atoms.